The maximum atomic E-state index is 11.8. The van der Waals surface area contributed by atoms with Crippen molar-refractivity contribution < 1.29 is 4.79 Å². The summed E-state index contributed by atoms with van der Waals surface area (Å²) in [7, 11) is 0. The molecule has 0 bridgehead atoms. The van der Waals surface area contributed by atoms with Crippen LogP contribution in [0.5, 0.6) is 0 Å². The summed E-state index contributed by atoms with van der Waals surface area (Å²) in [6, 6.07) is 7.54. The highest BCUT2D eigenvalue weighted by atomic mass is 35.5. The molecule has 1 fully saturated rings. The molecule has 1 saturated heterocycles. The minimum atomic E-state index is -0.388. The van der Waals surface area contributed by atoms with Gasteiger partial charge in [0.25, 0.3) is 0 Å². The quantitative estimate of drug-likeness (QED) is 0.933. The molecule has 1 amide bonds. The van der Waals surface area contributed by atoms with Crippen molar-refractivity contribution in [1.29, 1.82) is 0 Å². The lowest BCUT2D eigenvalue weighted by molar-refractivity contribution is -0.132. The molecular weight excluding hydrogens is 280 g/mol. The second-order valence-corrected chi connectivity index (χ2v) is 6.70. The molecule has 1 atom stereocenters. The minimum absolute atomic E-state index is 0.0648. The molecule has 0 aromatic heterocycles. The summed E-state index contributed by atoms with van der Waals surface area (Å²) in [4.78, 5) is 14.9. The predicted molar refractivity (Wildman–Crippen MR) is 80.6 cm³/mol. The largest absolute Gasteiger partial charge is 0.341 e. The van der Waals surface area contributed by atoms with E-state index in [0.29, 0.717) is 5.25 Å². The number of halogens is 1. The number of likely N-dealkylation sites (tertiary alicyclic amines) is 1. The van der Waals surface area contributed by atoms with Gasteiger partial charge in [0.05, 0.1) is 6.04 Å². The first-order chi connectivity index (χ1) is 9.06. The standard InChI is InChI=1S/C14H19ClN2OS/c1-10(16)14(18)17-8-6-13(7-9-17)19-12-4-2-11(15)3-5-12/h2-5,10,13H,6-9,16H2,1H3/t10-/m1/s1. The average molecular weight is 299 g/mol. The van der Waals surface area contributed by atoms with Gasteiger partial charge in [-0.15, -0.1) is 11.8 Å². The first-order valence-electron chi connectivity index (χ1n) is 6.53. The third kappa shape index (κ3) is 4.13. The third-order valence-corrected chi connectivity index (χ3v) is 4.86. The molecule has 0 aliphatic carbocycles. The van der Waals surface area contributed by atoms with Crippen molar-refractivity contribution in [3.8, 4) is 0 Å². The smallest absolute Gasteiger partial charge is 0.239 e. The van der Waals surface area contributed by atoms with Crippen LogP contribution in [0.25, 0.3) is 0 Å². The van der Waals surface area contributed by atoms with E-state index >= 15 is 0 Å². The highest BCUT2D eigenvalue weighted by molar-refractivity contribution is 8.00. The Hall–Kier alpha value is -0.710. The van der Waals surface area contributed by atoms with Crippen LogP contribution in [0.3, 0.4) is 0 Å². The number of amides is 1. The Morgan fingerprint density at radius 2 is 1.95 bits per heavy atom. The molecule has 2 rings (SSSR count). The van der Waals surface area contributed by atoms with Gasteiger partial charge in [0.15, 0.2) is 0 Å². The van der Waals surface area contributed by atoms with E-state index in [4.69, 9.17) is 17.3 Å². The predicted octanol–water partition coefficient (Wildman–Crippen LogP) is 2.77. The molecule has 104 valence electrons. The van der Waals surface area contributed by atoms with Crippen molar-refractivity contribution in [3.05, 3.63) is 29.3 Å². The molecule has 1 aliphatic heterocycles. The molecule has 1 aromatic carbocycles. The lowest BCUT2D eigenvalue weighted by atomic mass is 10.1. The molecule has 1 aliphatic rings. The fraction of sp³-hybridized carbons (Fsp3) is 0.500. The summed E-state index contributed by atoms with van der Waals surface area (Å²) in [5, 5.41) is 1.33. The minimum Gasteiger partial charge on any atom is -0.341 e. The first-order valence-corrected chi connectivity index (χ1v) is 7.78. The van der Waals surface area contributed by atoms with Gasteiger partial charge in [-0.05, 0) is 44.0 Å². The Kier molecular flexibility index (Phi) is 5.13. The number of carbonyl (C=O) groups is 1. The van der Waals surface area contributed by atoms with Crippen molar-refractivity contribution in [1.82, 2.24) is 4.90 Å². The molecule has 0 spiro atoms. The van der Waals surface area contributed by atoms with E-state index in [0.717, 1.165) is 31.0 Å². The van der Waals surface area contributed by atoms with E-state index in [9.17, 15) is 4.79 Å². The molecule has 1 heterocycles. The number of nitrogens with zero attached hydrogens (tertiary/aromatic N) is 1. The Labute approximate surface area is 123 Å². The Balaban J connectivity index is 1.83. The summed E-state index contributed by atoms with van der Waals surface area (Å²) in [5.74, 6) is 0.0648. The highest BCUT2D eigenvalue weighted by Crippen LogP contribution is 2.31. The fourth-order valence-corrected chi connectivity index (χ4v) is 3.44. The van der Waals surface area contributed by atoms with E-state index in [-0.39, 0.29) is 11.9 Å². The number of hydrogen-bond donors (Lipinski definition) is 1. The van der Waals surface area contributed by atoms with Crippen LogP contribution in [-0.4, -0.2) is 35.2 Å². The van der Waals surface area contributed by atoms with Crippen LogP contribution < -0.4 is 5.73 Å². The number of piperidine rings is 1. The molecule has 1 aromatic rings. The topological polar surface area (TPSA) is 46.3 Å². The summed E-state index contributed by atoms with van der Waals surface area (Å²) in [6.07, 6.45) is 2.04. The molecule has 5 heteroatoms. The molecule has 0 radical (unpaired) electrons. The molecule has 0 saturated carbocycles. The maximum Gasteiger partial charge on any atom is 0.239 e. The van der Waals surface area contributed by atoms with Gasteiger partial charge < -0.3 is 10.6 Å². The second kappa shape index (κ2) is 6.64. The van der Waals surface area contributed by atoms with Crippen molar-refractivity contribution in [3.63, 3.8) is 0 Å². The van der Waals surface area contributed by atoms with Gasteiger partial charge in [0, 0.05) is 28.3 Å². The Morgan fingerprint density at radius 3 is 2.47 bits per heavy atom. The number of benzene rings is 1. The monoisotopic (exact) mass is 298 g/mol. The first kappa shape index (κ1) is 14.7. The van der Waals surface area contributed by atoms with Gasteiger partial charge in [-0.1, -0.05) is 11.6 Å². The second-order valence-electron chi connectivity index (χ2n) is 4.89. The Morgan fingerprint density at radius 1 is 1.37 bits per heavy atom. The van der Waals surface area contributed by atoms with Gasteiger partial charge in [-0.25, -0.2) is 0 Å². The van der Waals surface area contributed by atoms with Crippen LogP contribution in [0, 0.1) is 0 Å². The van der Waals surface area contributed by atoms with Gasteiger partial charge in [-0.2, -0.15) is 0 Å². The van der Waals surface area contributed by atoms with Crippen LogP contribution in [-0.2, 0) is 4.79 Å². The zero-order chi connectivity index (χ0) is 13.8. The van der Waals surface area contributed by atoms with E-state index in [1.54, 1.807) is 6.92 Å². The van der Waals surface area contributed by atoms with E-state index in [1.165, 1.54) is 4.90 Å². The van der Waals surface area contributed by atoms with E-state index in [1.807, 2.05) is 40.9 Å². The number of nitrogens with two attached hydrogens (primary N) is 1. The third-order valence-electron chi connectivity index (χ3n) is 3.26. The van der Waals surface area contributed by atoms with Crippen molar-refractivity contribution in [2.24, 2.45) is 5.73 Å². The maximum absolute atomic E-state index is 11.8. The van der Waals surface area contributed by atoms with Crippen LogP contribution in [0.15, 0.2) is 29.2 Å². The molecular formula is C14H19ClN2OS. The zero-order valence-corrected chi connectivity index (χ0v) is 12.6. The van der Waals surface area contributed by atoms with Crippen molar-refractivity contribution in [2.75, 3.05) is 13.1 Å². The van der Waals surface area contributed by atoms with Gasteiger partial charge in [0.2, 0.25) is 5.91 Å². The van der Waals surface area contributed by atoms with Gasteiger partial charge in [-0.3, -0.25) is 4.79 Å². The fourth-order valence-electron chi connectivity index (χ4n) is 2.19. The number of thioether (sulfide) groups is 1. The molecule has 19 heavy (non-hydrogen) atoms. The van der Waals surface area contributed by atoms with Crippen molar-refractivity contribution >= 4 is 29.3 Å². The van der Waals surface area contributed by atoms with Crippen LogP contribution in [0.1, 0.15) is 19.8 Å². The lowest BCUT2D eigenvalue weighted by Crippen LogP contribution is -2.46. The van der Waals surface area contributed by atoms with Crippen molar-refractivity contribution in [2.45, 2.75) is 36.0 Å². The SMILES string of the molecule is C[C@@H](N)C(=O)N1CCC(Sc2ccc(Cl)cc2)CC1. The molecule has 0 unspecified atom stereocenters. The van der Waals surface area contributed by atoms with E-state index in [2.05, 4.69) is 0 Å². The Bertz CT molecular complexity index is 428. The highest BCUT2D eigenvalue weighted by Gasteiger charge is 2.24. The van der Waals surface area contributed by atoms with Crippen LogP contribution >= 0.6 is 23.4 Å². The van der Waals surface area contributed by atoms with Gasteiger partial charge in [0.1, 0.15) is 0 Å². The number of carbonyl (C=O) groups excluding carboxylic acids is 1. The van der Waals surface area contributed by atoms with Crippen LogP contribution in [0.4, 0.5) is 0 Å². The van der Waals surface area contributed by atoms with Crippen LogP contribution in [0.2, 0.25) is 5.02 Å². The zero-order valence-electron chi connectivity index (χ0n) is 11.0. The van der Waals surface area contributed by atoms with Gasteiger partial charge >= 0.3 is 0 Å². The normalized spacial score (nSPS) is 18.4. The lowest BCUT2D eigenvalue weighted by Gasteiger charge is -2.32. The summed E-state index contributed by atoms with van der Waals surface area (Å²) in [5.41, 5.74) is 5.63. The number of hydrogen-bond acceptors (Lipinski definition) is 3. The average Bonchev–Trinajstić information content (AvgIpc) is 2.41. The molecule has 2 N–H and O–H groups in total. The van der Waals surface area contributed by atoms with E-state index < -0.39 is 0 Å². The summed E-state index contributed by atoms with van der Waals surface area (Å²) < 4.78 is 0. The molecule has 3 nitrogen and oxygen atoms in total. The summed E-state index contributed by atoms with van der Waals surface area (Å²) in [6.45, 7) is 3.37. The summed E-state index contributed by atoms with van der Waals surface area (Å²) >= 11 is 7.74. The number of rotatable bonds is 3.